The van der Waals surface area contributed by atoms with E-state index in [1.54, 1.807) is 0 Å². The van der Waals surface area contributed by atoms with Gasteiger partial charge in [-0.1, -0.05) is 13.0 Å². The van der Waals surface area contributed by atoms with Crippen molar-refractivity contribution in [3.05, 3.63) is 46.8 Å². The van der Waals surface area contributed by atoms with Crippen LogP contribution in [0.2, 0.25) is 0 Å². The maximum Gasteiger partial charge on any atom is 0.0666 e. The van der Waals surface area contributed by atoms with Crippen LogP contribution in [0.1, 0.15) is 41.8 Å². The molecule has 0 aliphatic heterocycles. The molecule has 106 valence electrons. The second kappa shape index (κ2) is 5.29. The van der Waals surface area contributed by atoms with Gasteiger partial charge in [0.1, 0.15) is 0 Å². The Balaban J connectivity index is 1.71. The molecule has 0 amide bonds. The maximum absolute atomic E-state index is 5.85. The Hall–Kier alpha value is -1.81. The number of nitrogens with zero attached hydrogens (tertiary/aromatic N) is 2. The molecule has 0 spiro atoms. The predicted octanol–water partition coefficient (Wildman–Crippen LogP) is 2.34. The smallest absolute Gasteiger partial charge is 0.0666 e. The van der Waals surface area contributed by atoms with Gasteiger partial charge in [0.15, 0.2) is 0 Å². The highest BCUT2D eigenvalue weighted by Crippen LogP contribution is 2.32. The first kappa shape index (κ1) is 13.2. The zero-order valence-electron chi connectivity index (χ0n) is 12.2. The molecule has 0 saturated heterocycles. The van der Waals surface area contributed by atoms with Crippen molar-refractivity contribution in [3.8, 4) is 0 Å². The van der Waals surface area contributed by atoms with E-state index in [-0.39, 0.29) is 0 Å². The predicted molar refractivity (Wildman–Crippen MR) is 81.3 cm³/mol. The molecule has 1 heterocycles. The second-order valence-electron chi connectivity index (χ2n) is 5.56. The van der Waals surface area contributed by atoms with Crippen molar-refractivity contribution >= 4 is 5.69 Å². The number of benzene rings is 1. The van der Waals surface area contributed by atoms with Crippen molar-refractivity contribution in [2.24, 2.45) is 7.05 Å². The number of nitrogen functional groups attached to an aromatic ring is 1. The van der Waals surface area contributed by atoms with Crippen LogP contribution in [0.3, 0.4) is 0 Å². The Kier molecular flexibility index (Phi) is 3.49. The molecule has 0 fully saturated rings. The summed E-state index contributed by atoms with van der Waals surface area (Å²) in [4.78, 5) is 0. The van der Waals surface area contributed by atoms with Gasteiger partial charge in [0, 0.05) is 37.1 Å². The van der Waals surface area contributed by atoms with Crippen LogP contribution < -0.4 is 11.1 Å². The van der Waals surface area contributed by atoms with Crippen LogP contribution in [0.15, 0.2) is 24.4 Å². The van der Waals surface area contributed by atoms with E-state index in [1.165, 1.54) is 22.4 Å². The minimum atomic E-state index is 0.440. The molecule has 4 nitrogen and oxygen atoms in total. The lowest BCUT2D eigenvalue weighted by Crippen LogP contribution is -2.19. The van der Waals surface area contributed by atoms with Crippen LogP contribution in [-0.2, 0) is 26.4 Å². The van der Waals surface area contributed by atoms with Gasteiger partial charge in [0.25, 0.3) is 0 Å². The molecule has 1 unspecified atom stereocenters. The van der Waals surface area contributed by atoms with Crippen LogP contribution in [0.5, 0.6) is 0 Å². The average Bonchev–Trinajstić information content (AvgIpc) is 2.99. The normalized spacial score (nSPS) is 17.4. The number of hydrogen-bond donors (Lipinski definition) is 2. The minimum absolute atomic E-state index is 0.440. The summed E-state index contributed by atoms with van der Waals surface area (Å²) >= 11 is 0. The molecule has 20 heavy (non-hydrogen) atoms. The van der Waals surface area contributed by atoms with E-state index < -0.39 is 0 Å². The quantitative estimate of drug-likeness (QED) is 0.838. The van der Waals surface area contributed by atoms with Gasteiger partial charge in [0.2, 0.25) is 0 Å². The molecule has 1 aromatic heterocycles. The van der Waals surface area contributed by atoms with Crippen LogP contribution in [-0.4, -0.2) is 9.78 Å². The first-order valence-electron chi connectivity index (χ1n) is 7.30. The summed E-state index contributed by atoms with van der Waals surface area (Å²) in [6, 6.07) is 6.72. The Labute approximate surface area is 120 Å². The molecular weight excluding hydrogens is 248 g/mol. The number of nitrogens with two attached hydrogens (primary N) is 1. The van der Waals surface area contributed by atoms with Gasteiger partial charge < -0.3 is 11.1 Å². The minimum Gasteiger partial charge on any atom is -0.399 e. The van der Waals surface area contributed by atoms with E-state index in [4.69, 9.17) is 5.73 Å². The second-order valence-corrected chi connectivity index (χ2v) is 5.56. The zero-order valence-corrected chi connectivity index (χ0v) is 12.2. The number of hydrogen-bond acceptors (Lipinski definition) is 3. The van der Waals surface area contributed by atoms with E-state index >= 15 is 0 Å². The molecule has 3 rings (SSSR count). The highest BCUT2D eigenvalue weighted by molar-refractivity contribution is 5.47. The summed E-state index contributed by atoms with van der Waals surface area (Å²) in [5.41, 5.74) is 12.0. The Morgan fingerprint density at radius 3 is 3.10 bits per heavy atom. The Morgan fingerprint density at radius 1 is 1.45 bits per heavy atom. The van der Waals surface area contributed by atoms with Crippen LogP contribution in [0.4, 0.5) is 5.69 Å². The summed E-state index contributed by atoms with van der Waals surface area (Å²) in [6.45, 7) is 3.03. The van der Waals surface area contributed by atoms with Crippen molar-refractivity contribution in [1.82, 2.24) is 15.1 Å². The SMILES string of the molecule is CCc1nn(C)cc1CNC1CCc2cc(N)ccc21. The standard InChI is InChI=1S/C16H22N4/c1-3-15-12(10-20(2)19-15)9-18-16-7-4-11-8-13(17)5-6-14(11)16/h5-6,8,10,16,18H,3-4,7,9,17H2,1-2H3. The fourth-order valence-corrected chi connectivity index (χ4v) is 3.11. The lowest BCUT2D eigenvalue weighted by Gasteiger charge is -2.14. The highest BCUT2D eigenvalue weighted by Gasteiger charge is 2.22. The number of nitrogens with one attached hydrogen (secondary N) is 1. The molecule has 0 radical (unpaired) electrons. The maximum atomic E-state index is 5.85. The average molecular weight is 270 g/mol. The first-order chi connectivity index (χ1) is 9.67. The summed E-state index contributed by atoms with van der Waals surface area (Å²) in [5.74, 6) is 0. The van der Waals surface area contributed by atoms with Crippen molar-refractivity contribution in [3.63, 3.8) is 0 Å². The monoisotopic (exact) mass is 270 g/mol. The molecule has 0 saturated carbocycles. The van der Waals surface area contributed by atoms with Crippen LogP contribution in [0, 0.1) is 0 Å². The Morgan fingerprint density at radius 2 is 2.30 bits per heavy atom. The van der Waals surface area contributed by atoms with Gasteiger partial charge in [0.05, 0.1) is 5.69 Å². The van der Waals surface area contributed by atoms with Gasteiger partial charge in [-0.15, -0.1) is 0 Å². The van der Waals surface area contributed by atoms with E-state index in [9.17, 15) is 0 Å². The van der Waals surface area contributed by atoms with Gasteiger partial charge >= 0.3 is 0 Å². The molecule has 1 aromatic carbocycles. The zero-order chi connectivity index (χ0) is 14.1. The number of anilines is 1. The first-order valence-corrected chi connectivity index (χ1v) is 7.30. The topological polar surface area (TPSA) is 55.9 Å². The third-order valence-electron chi connectivity index (χ3n) is 4.11. The fourth-order valence-electron chi connectivity index (χ4n) is 3.11. The number of fused-ring (bicyclic) bond motifs is 1. The molecule has 3 N–H and O–H groups in total. The lowest BCUT2D eigenvalue weighted by molar-refractivity contribution is 0.529. The molecule has 1 aliphatic rings. The summed E-state index contributed by atoms with van der Waals surface area (Å²) in [7, 11) is 1.98. The molecule has 0 bridgehead atoms. The largest absolute Gasteiger partial charge is 0.399 e. The summed E-state index contributed by atoms with van der Waals surface area (Å²) < 4.78 is 1.90. The lowest BCUT2D eigenvalue weighted by atomic mass is 10.1. The van der Waals surface area contributed by atoms with Crippen molar-refractivity contribution in [2.45, 2.75) is 38.8 Å². The molecule has 2 aromatic rings. The van der Waals surface area contributed by atoms with Crippen molar-refractivity contribution in [2.75, 3.05) is 5.73 Å². The van der Waals surface area contributed by atoms with Gasteiger partial charge in [-0.05, 0) is 42.5 Å². The highest BCUT2D eigenvalue weighted by atomic mass is 15.3. The fraction of sp³-hybridized carbons (Fsp3) is 0.438. The van der Waals surface area contributed by atoms with E-state index in [0.717, 1.165) is 31.5 Å². The molecule has 1 atom stereocenters. The summed E-state index contributed by atoms with van der Waals surface area (Å²) in [5, 5.41) is 8.16. The van der Waals surface area contributed by atoms with Crippen LogP contribution >= 0.6 is 0 Å². The van der Waals surface area contributed by atoms with Crippen molar-refractivity contribution in [1.29, 1.82) is 0 Å². The van der Waals surface area contributed by atoms with E-state index in [0.29, 0.717) is 6.04 Å². The van der Waals surface area contributed by atoms with E-state index in [1.807, 2.05) is 17.8 Å². The molecule has 1 aliphatic carbocycles. The van der Waals surface area contributed by atoms with Gasteiger partial charge in [-0.25, -0.2) is 0 Å². The number of rotatable bonds is 4. The van der Waals surface area contributed by atoms with Gasteiger partial charge in [-0.3, -0.25) is 4.68 Å². The molecule has 4 heteroatoms. The van der Waals surface area contributed by atoms with Crippen molar-refractivity contribution < 1.29 is 0 Å². The summed E-state index contributed by atoms with van der Waals surface area (Å²) in [6.07, 6.45) is 5.37. The third-order valence-corrected chi connectivity index (χ3v) is 4.11. The Bertz CT molecular complexity index is 615. The van der Waals surface area contributed by atoms with Gasteiger partial charge in [-0.2, -0.15) is 5.10 Å². The number of aromatic nitrogens is 2. The van der Waals surface area contributed by atoms with E-state index in [2.05, 4.69) is 35.7 Å². The molecular formula is C16H22N4. The van der Waals surface area contributed by atoms with Crippen LogP contribution in [0.25, 0.3) is 0 Å². The third kappa shape index (κ3) is 2.43. The number of aryl methyl sites for hydroxylation is 3.